The second kappa shape index (κ2) is 4.35. The first-order chi connectivity index (χ1) is 7.65. The van der Waals surface area contributed by atoms with E-state index in [1.54, 1.807) is 0 Å². The molecular formula is C14H16N2. The van der Waals surface area contributed by atoms with Crippen LogP contribution >= 0.6 is 0 Å². The molecule has 16 heavy (non-hydrogen) atoms. The molecule has 1 aromatic heterocycles. The summed E-state index contributed by atoms with van der Waals surface area (Å²) in [5, 5.41) is 1.20. The summed E-state index contributed by atoms with van der Waals surface area (Å²) < 4.78 is 0. The summed E-state index contributed by atoms with van der Waals surface area (Å²) in [4.78, 5) is 6.58. The van der Waals surface area contributed by atoms with E-state index in [-0.39, 0.29) is 0 Å². The van der Waals surface area contributed by atoms with Crippen molar-refractivity contribution in [2.45, 2.75) is 6.92 Å². The lowest BCUT2D eigenvalue weighted by molar-refractivity contribution is 0.567. The molecule has 0 atom stereocenters. The van der Waals surface area contributed by atoms with Crippen molar-refractivity contribution in [3.63, 3.8) is 0 Å². The number of benzene rings is 1. The van der Waals surface area contributed by atoms with Crippen molar-refractivity contribution >= 4 is 17.0 Å². The van der Waals surface area contributed by atoms with Crippen LogP contribution in [0.25, 0.3) is 17.0 Å². The molecule has 1 aromatic carbocycles. The molecule has 0 aliphatic heterocycles. The number of pyridine rings is 1. The van der Waals surface area contributed by atoms with E-state index in [4.69, 9.17) is 0 Å². The van der Waals surface area contributed by atoms with Crippen LogP contribution in [-0.2, 0) is 0 Å². The van der Waals surface area contributed by atoms with Crippen LogP contribution in [0.1, 0.15) is 11.3 Å². The van der Waals surface area contributed by atoms with Crippen molar-refractivity contribution in [1.29, 1.82) is 0 Å². The summed E-state index contributed by atoms with van der Waals surface area (Å²) in [6, 6.07) is 10.5. The topological polar surface area (TPSA) is 16.1 Å². The zero-order valence-corrected chi connectivity index (χ0v) is 9.94. The van der Waals surface area contributed by atoms with Crippen LogP contribution in [0.3, 0.4) is 0 Å². The molecule has 2 heteroatoms. The summed E-state index contributed by atoms with van der Waals surface area (Å²) in [6.45, 7) is 2.10. The summed E-state index contributed by atoms with van der Waals surface area (Å²) in [7, 11) is 4.00. The smallest absolute Gasteiger partial charge is 0.0709 e. The summed E-state index contributed by atoms with van der Waals surface area (Å²) >= 11 is 0. The summed E-state index contributed by atoms with van der Waals surface area (Å²) in [5.41, 5.74) is 3.31. The highest BCUT2D eigenvalue weighted by Gasteiger charge is 1.96. The maximum absolute atomic E-state index is 4.57. The van der Waals surface area contributed by atoms with E-state index in [1.807, 2.05) is 37.3 Å². The minimum absolute atomic E-state index is 0.991. The fourth-order valence-electron chi connectivity index (χ4n) is 1.58. The van der Waals surface area contributed by atoms with Gasteiger partial charge in [0.15, 0.2) is 0 Å². The second-order valence-electron chi connectivity index (χ2n) is 4.21. The third kappa shape index (κ3) is 2.40. The predicted molar refractivity (Wildman–Crippen MR) is 69.2 cm³/mol. The second-order valence-corrected chi connectivity index (χ2v) is 4.21. The highest BCUT2D eigenvalue weighted by Crippen LogP contribution is 2.14. The van der Waals surface area contributed by atoms with E-state index < -0.39 is 0 Å². The first kappa shape index (κ1) is 10.7. The Balaban J connectivity index is 2.41. The minimum atomic E-state index is 0.991. The number of hydrogen-bond acceptors (Lipinski definition) is 2. The first-order valence-corrected chi connectivity index (χ1v) is 5.37. The predicted octanol–water partition coefficient (Wildman–Crippen LogP) is 3.08. The molecule has 2 nitrogen and oxygen atoms in total. The van der Waals surface area contributed by atoms with E-state index in [0.717, 1.165) is 11.2 Å². The van der Waals surface area contributed by atoms with Gasteiger partial charge in [0.25, 0.3) is 0 Å². The summed E-state index contributed by atoms with van der Waals surface area (Å²) in [6.07, 6.45) is 4.02. The third-order valence-electron chi connectivity index (χ3n) is 2.41. The fraction of sp³-hybridized carbons (Fsp3) is 0.214. The van der Waals surface area contributed by atoms with Crippen molar-refractivity contribution in [3.05, 3.63) is 47.8 Å². The molecule has 0 spiro atoms. The summed E-state index contributed by atoms with van der Waals surface area (Å²) in [5.74, 6) is 0. The number of nitrogens with zero attached hydrogens (tertiary/aromatic N) is 2. The van der Waals surface area contributed by atoms with E-state index >= 15 is 0 Å². The zero-order valence-electron chi connectivity index (χ0n) is 9.94. The molecule has 0 aliphatic carbocycles. The molecule has 2 aromatic rings. The first-order valence-electron chi connectivity index (χ1n) is 5.37. The lowest BCUT2D eigenvalue weighted by Crippen LogP contribution is -1.99. The van der Waals surface area contributed by atoms with Gasteiger partial charge in [-0.15, -0.1) is 0 Å². The van der Waals surface area contributed by atoms with Crippen LogP contribution in [0.15, 0.2) is 36.5 Å². The van der Waals surface area contributed by atoms with Crippen LogP contribution in [-0.4, -0.2) is 24.0 Å². The number of aryl methyl sites for hydroxylation is 1. The van der Waals surface area contributed by atoms with Gasteiger partial charge >= 0.3 is 0 Å². The minimum Gasteiger partial charge on any atom is -0.383 e. The van der Waals surface area contributed by atoms with Crippen LogP contribution in [0.2, 0.25) is 0 Å². The standard InChI is InChI=1S/C14H16N2/c1-11-4-7-14-12(10-11)5-6-13(15-14)8-9-16(2)3/h4-10H,1-3H3/b9-8+. The third-order valence-corrected chi connectivity index (χ3v) is 2.41. The van der Waals surface area contributed by atoms with Crippen molar-refractivity contribution in [1.82, 2.24) is 9.88 Å². The molecule has 0 aliphatic rings. The largest absolute Gasteiger partial charge is 0.383 e. The maximum atomic E-state index is 4.57. The number of rotatable bonds is 2. The van der Waals surface area contributed by atoms with Gasteiger partial charge in [-0.2, -0.15) is 0 Å². The average molecular weight is 212 g/mol. The zero-order chi connectivity index (χ0) is 11.5. The molecule has 0 unspecified atom stereocenters. The highest BCUT2D eigenvalue weighted by molar-refractivity contribution is 5.80. The monoisotopic (exact) mass is 212 g/mol. The molecule has 0 fully saturated rings. The van der Waals surface area contributed by atoms with E-state index in [2.05, 4.69) is 36.2 Å². The van der Waals surface area contributed by atoms with Gasteiger partial charge in [0.1, 0.15) is 0 Å². The molecule has 1 heterocycles. The Morgan fingerprint density at radius 1 is 1.12 bits per heavy atom. The average Bonchev–Trinajstić information content (AvgIpc) is 2.26. The van der Waals surface area contributed by atoms with E-state index in [9.17, 15) is 0 Å². The molecule has 82 valence electrons. The van der Waals surface area contributed by atoms with Gasteiger partial charge < -0.3 is 4.90 Å². The number of aromatic nitrogens is 1. The molecule has 0 bridgehead atoms. The van der Waals surface area contributed by atoms with Gasteiger partial charge in [-0.3, -0.25) is 0 Å². The molecule has 0 radical (unpaired) electrons. The maximum Gasteiger partial charge on any atom is 0.0709 e. The van der Waals surface area contributed by atoms with Crippen molar-refractivity contribution in [2.24, 2.45) is 0 Å². The van der Waals surface area contributed by atoms with Crippen LogP contribution < -0.4 is 0 Å². The molecule has 0 saturated carbocycles. The Bertz CT molecular complexity index is 527. The Morgan fingerprint density at radius 3 is 2.69 bits per heavy atom. The van der Waals surface area contributed by atoms with Crippen LogP contribution in [0.5, 0.6) is 0 Å². The Kier molecular flexibility index (Phi) is 2.91. The fourth-order valence-corrected chi connectivity index (χ4v) is 1.58. The molecule has 0 amide bonds. The highest BCUT2D eigenvalue weighted by atomic mass is 15.0. The quantitative estimate of drug-likeness (QED) is 0.760. The number of fused-ring (bicyclic) bond motifs is 1. The van der Waals surface area contributed by atoms with Crippen molar-refractivity contribution in [3.8, 4) is 0 Å². The van der Waals surface area contributed by atoms with Gasteiger partial charge in [-0.1, -0.05) is 17.7 Å². The lowest BCUT2D eigenvalue weighted by Gasteiger charge is -2.04. The Labute approximate surface area is 96.2 Å². The van der Waals surface area contributed by atoms with Gasteiger partial charge in [0.2, 0.25) is 0 Å². The van der Waals surface area contributed by atoms with E-state index in [1.165, 1.54) is 10.9 Å². The number of hydrogen-bond donors (Lipinski definition) is 0. The van der Waals surface area contributed by atoms with Crippen molar-refractivity contribution < 1.29 is 0 Å². The van der Waals surface area contributed by atoms with Gasteiger partial charge in [0, 0.05) is 25.7 Å². The Morgan fingerprint density at radius 2 is 1.94 bits per heavy atom. The SMILES string of the molecule is Cc1ccc2nc(/C=C/N(C)C)ccc2c1. The van der Waals surface area contributed by atoms with E-state index in [0.29, 0.717) is 0 Å². The van der Waals surface area contributed by atoms with Crippen LogP contribution in [0, 0.1) is 6.92 Å². The molecule has 0 saturated heterocycles. The van der Waals surface area contributed by atoms with Gasteiger partial charge in [-0.05, 0) is 31.2 Å². The normalized spacial score (nSPS) is 11.2. The van der Waals surface area contributed by atoms with Crippen LogP contribution in [0.4, 0.5) is 0 Å². The van der Waals surface area contributed by atoms with Gasteiger partial charge in [-0.25, -0.2) is 4.98 Å². The van der Waals surface area contributed by atoms with Gasteiger partial charge in [0.05, 0.1) is 11.2 Å². The molecular weight excluding hydrogens is 196 g/mol. The lowest BCUT2D eigenvalue weighted by atomic mass is 10.1. The Hall–Kier alpha value is -1.83. The van der Waals surface area contributed by atoms with Crippen molar-refractivity contribution in [2.75, 3.05) is 14.1 Å². The molecule has 0 N–H and O–H groups in total. The molecule has 2 rings (SSSR count).